The number of ether oxygens (including phenoxy) is 1. The third-order valence-electron chi connectivity index (χ3n) is 4.44. The van der Waals surface area contributed by atoms with Crippen molar-refractivity contribution in [2.45, 2.75) is 38.6 Å². The molecule has 0 spiro atoms. The van der Waals surface area contributed by atoms with Gasteiger partial charge in [-0.1, -0.05) is 13.8 Å². The number of carbonyl (C=O) groups is 1. The van der Waals surface area contributed by atoms with Crippen LogP contribution in [0.1, 0.15) is 25.8 Å². The average molecular weight is 448 g/mol. The van der Waals surface area contributed by atoms with Crippen LogP contribution >= 0.6 is 11.3 Å². The van der Waals surface area contributed by atoms with Crippen LogP contribution in [0, 0.1) is 12.8 Å². The van der Waals surface area contributed by atoms with Gasteiger partial charge in [0.25, 0.3) is 0 Å². The van der Waals surface area contributed by atoms with Crippen molar-refractivity contribution in [3.63, 3.8) is 0 Å². The van der Waals surface area contributed by atoms with Crippen molar-refractivity contribution in [2.24, 2.45) is 5.92 Å². The number of fused-ring (bicyclic) bond motifs is 1. The Hall–Kier alpha value is -2.49. The minimum absolute atomic E-state index is 0.109. The molecule has 0 saturated heterocycles. The number of thiazole rings is 1. The van der Waals surface area contributed by atoms with Gasteiger partial charge in [0.1, 0.15) is 11.8 Å². The molecule has 1 heterocycles. The van der Waals surface area contributed by atoms with E-state index in [0.29, 0.717) is 18.0 Å². The standard InChI is InChI=1S/C21H25N3O4S2/c1-5-28-16-8-6-15(7-9-16)23-21(25)20(13(2)3)24-30(26,27)17-10-11-18-19(12-17)29-14(4)22-18/h6-13,20,24H,5H2,1-4H3,(H,23,25)/t20-/m1/s1. The van der Waals surface area contributed by atoms with Gasteiger partial charge in [-0.3, -0.25) is 4.79 Å². The molecule has 160 valence electrons. The van der Waals surface area contributed by atoms with Crippen molar-refractivity contribution in [1.82, 2.24) is 9.71 Å². The smallest absolute Gasteiger partial charge is 0.242 e. The third kappa shape index (κ3) is 5.16. The number of aryl methyl sites for hydroxylation is 1. The number of hydrogen-bond acceptors (Lipinski definition) is 6. The lowest BCUT2D eigenvalue weighted by atomic mass is 10.0. The Morgan fingerprint density at radius 3 is 2.50 bits per heavy atom. The number of rotatable bonds is 8. The van der Waals surface area contributed by atoms with E-state index in [1.807, 2.05) is 13.8 Å². The van der Waals surface area contributed by atoms with E-state index >= 15 is 0 Å². The number of sulfonamides is 1. The maximum atomic E-state index is 12.9. The molecule has 3 rings (SSSR count). The van der Waals surface area contributed by atoms with Crippen LogP contribution in [0.4, 0.5) is 5.69 Å². The van der Waals surface area contributed by atoms with Crippen molar-refractivity contribution in [2.75, 3.05) is 11.9 Å². The fraction of sp³-hybridized carbons (Fsp3) is 0.333. The molecule has 0 aliphatic heterocycles. The Balaban J connectivity index is 1.78. The van der Waals surface area contributed by atoms with E-state index in [0.717, 1.165) is 15.2 Å². The maximum Gasteiger partial charge on any atom is 0.242 e. The summed E-state index contributed by atoms with van der Waals surface area (Å²) in [6.45, 7) is 7.90. The second-order valence-corrected chi connectivity index (χ2v) is 10.1. The summed E-state index contributed by atoms with van der Waals surface area (Å²) in [5.41, 5.74) is 1.32. The fourth-order valence-electron chi connectivity index (χ4n) is 2.94. The molecule has 7 nitrogen and oxygen atoms in total. The van der Waals surface area contributed by atoms with Crippen LogP contribution in [0.2, 0.25) is 0 Å². The topological polar surface area (TPSA) is 97.4 Å². The molecule has 2 N–H and O–H groups in total. The van der Waals surface area contributed by atoms with Gasteiger partial charge in [-0.05, 0) is 62.2 Å². The van der Waals surface area contributed by atoms with E-state index in [4.69, 9.17) is 4.74 Å². The predicted molar refractivity (Wildman–Crippen MR) is 120 cm³/mol. The molecule has 0 aliphatic carbocycles. The normalized spacial score (nSPS) is 12.8. The molecule has 0 unspecified atom stereocenters. The largest absolute Gasteiger partial charge is 0.494 e. The van der Waals surface area contributed by atoms with E-state index in [2.05, 4.69) is 15.0 Å². The number of hydrogen-bond donors (Lipinski definition) is 2. The maximum absolute atomic E-state index is 12.9. The number of aromatic nitrogens is 1. The lowest BCUT2D eigenvalue weighted by Crippen LogP contribution is -2.47. The van der Waals surface area contributed by atoms with Gasteiger partial charge in [0.15, 0.2) is 0 Å². The van der Waals surface area contributed by atoms with E-state index in [-0.39, 0.29) is 10.8 Å². The van der Waals surface area contributed by atoms with Crippen molar-refractivity contribution >= 4 is 43.2 Å². The summed E-state index contributed by atoms with van der Waals surface area (Å²) in [6, 6.07) is 10.8. The van der Waals surface area contributed by atoms with Crippen LogP contribution in [0.5, 0.6) is 5.75 Å². The molecule has 0 bridgehead atoms. The lowest BCUT2D eigenvalue weighted by molar-refractivity contribution is -0.118. The zero-order valence-corrected chi connectivity index (χ0v) is 18.9. The molecule has 0 saturated carbocycles. The number of nitrogens with zero attached hydrogens (tertiary/aromatic N) is 1. The van der Waals surface area contributed by atoms with Gasteiger partial charge in [-0.2, -0.15) is 4.72 Å². The summed E-state index contributed by atoms with van der Waals surface area (Å²) >= 11 is 1.43. The zero-order chi connectivity index (χ0) is 21.9. The Kier molecular flexibility index (Phi) is 6.74. The molecule has 0 fully saturated rings. The predicted octanol–water partition coefficient (Wildman–Crippen LogP) is 3.95. The van der Waals surface area contributed by atoms with Gasteiger partial charge in [0.2, 0.25) is 15.9 Å². The summed E-state index contributed by atoms with van der Waals surface area (Å²) in [4.78, 5) is 17.3. The van der Waals surface area contributed by atoms with Crippen LogP contribution in [0.3, 0.4) is 0 Å². The van der Waals surface area contributed by atoms with Crippen LogP contribution in [-0.2, 0) is 14.8 Å². The molecular formula is C21H25N3O4S2. The van der Waals surface area contributed by atoms with Crippen molar-refractivity contribution in [1.29, 1.82) is 0 Å². The molecule has 1 aromatic heterocycles. The van der Waals surface area contributed by atoms with Gasteiger partial charge in [0, 0.05) is 5.69 Å². The van der Waals surface area contributed by atoms with Crippen LogP contribution in [-0.4, -0.2) is 32.0 Å². The molecule has 1 atom stereocenters. The van der Waals surface area contributed by atoms with Gasteiger partial charge in [-0.15, -0.1) is 11.3 Å². The summed E-state index contributed by atoms with van der Waals surface area (Å²) in [5, 5.41) is 3.63. The van der Waals surface area contributed by atoms with Crippen molar-refractivity contribution in [3.8, 4) is 5.75 Å². The summed E-state index contributed by atoms with van der Waals surface area (Å²) < 4.78 is 34.6. The molecule has 3 aromatic rings. The summed E-state index contributed by atoms with van der Waals surface area (Å²) in [5.74, 6) is 0.0228. The monoisotopic (exact) mass is 447 g/mol. The molecule has 0 aliphatic rings. The van der Waals surface area contributed by atoms with Crippen LogP contribution in [0.15, 0.2) is 47.4 Å². The van der Waals surface area contributed by atoms with Crippen molar-refractivity contribution in [3.05, 3.63) is 47.5 Å². The van der Waals surface area contributed by atoms with E-state index in [1.165, 1.54) is 17.4 Å². The highest BCUT2D eigenvalue weighted by Crippen LogP contribution is 2.25. The number of carbonyl (C=O) groups excluding carboxylic acids is 1. The Bertz CT molecular complexity index is 1140. The quantitative estimate of drug-likeness (QED) is 0.545. The summed E-state index contributed by atoms with van der Waals surface area (Å²) in [7, 11) is -3.89. The molecule has 0 radical (unpaired) electrons. The Labute approximate surface area is 180 Å². The Morgan fingerprint density at radius 2 is 1.87 bits per heavy atom. The minimum Gasteiger partial charge on any atom is -0.494 e. The molecule has 9 heteroatoms. The molecule has 30 heavy (non-hydrogen) atoms. The van der Waals surface area contributed by atoms with Gasteiger partial charge < -0.3 is 10.1 Å². The second-order valence-electron chi connectivity index (χ2n) is 7.15. The molecule has 1 amide bonds. The highest BCUT2D eigenvalue weighted by molar-refractivity contribution is 7.89. The zero-order valence-electron chi connectivity index (χ0n) is 17.3. The first-order valence-corrected chi connectivity index (χ1v) is 11.9. The fourth-order valence-corrected chi connectivity index (χ4v) is 5.25. The Morgan fingerprint density at radius 1 is 1.17 bits per heavy atom. The van der Waals surface area contributed by atoms with Gasteiger partial charge >= 0.3 is 0 Å². The number of amides is 1. The minimum atomic E-state index is -3.89. The first-order chi connectivity index (χ1) is 14.2. The second kappa shape index (κ2) is 9.11. The SMILES string of the molecule is CCOc1ccc(NC(=O)[C@H](NS(=O)(=O)c2ccc3nc(C)sc3c2)C(C)C)cc1. The highest BCUT2D eigenvalue weighted by Gasteiger charge is 2.28. The van der Waals surface area contributed by atoms with Crippen LogP contribution in [0.25, 0.3) is 10.2 Å². The highest BCUT2D eigenvalue weighted by atomic mass is 32.2. The average Bonchev–Trinajstić information content (AvgIpc) is 3.07. The van der Waals surface area contributed by atoms with E-state index in [9.17, 15) is 13.2 Å². The van der Waals surface area contributed by atoms with Gasteiger partial charge in [-0.25, -0.2) is 13.4 Å². The third-order valence-corrected chi connectivity index (χ3v) is 6.81. The number of anilines is 1. The van der Waals surface area contributed by atoms with E-state index in [1.54, 1.807) is 50.2 Å². The molecule has 2 aromatic carbocycles. The van der Waals surface area contributed by atoms with Gasteiger partial charge in [0.05, 0.1) is 26.7 Å². The number of nitrogens with one attached hydrogen (secondary N) is 2. The summed E-state index contributed by atoms with van der Waals surface area (Å²) in [6.07, 6.45) is 0. The van der Waals surface area contributed by atoms with Crippen molar-refractivity contribution < 1.29 is 17.9 Å². The molecular weight excluding hydrogens is 422 g/mol. The van der Waals surface area contributed by atoms with Crippen LogP contribution < -0.4 is 14.8 Å². The number of benzene rings is 2. The lowest BCUT2D eigenvalue weighted by Gasteiger charge is -2.21. The van der Waals surface area contributed by atoms with E-state index < -0.39 is 22.0 Å². The first-order valence-electron chi connectivity index (χ1n) is 9.63. The first kappa shape index (κ1) is 22.2.